The molecule has 0 aromatic carbocycles. The third kappa shape index (κ3) is 3.41. The van der Waals surface area contributed by atoms with Crippen LogP contribution in [0.2, 0.25) is 5.02 Å². The van der Waals surface area contributed by atoms with Crippen LogP contribution in [0.5, 0.6) is 0 Å². The number of imidazole rings is 1. The van der Waals surface area contributed by atoms with Crippen LogP contribution >= 0.6 is 11.6 Å². The average molecular weight is 377 g/mol. The summed E-state index contributed by atoms with van der Waals surface area (Å²) < 4.78 is 1.84. The molecule has 4 heterocycles. The number of rotatable bonds is 3. The molecule has 138 valence electrons. The van der Waals surface area contributed by atoms with Gasteiger partial charge in [-0.3, -0.25) is 0 Å². The van der Waals surface area contributed by atoms with Gasteiger partial charge in [0.2, 0.25) is 0 Å². The van der Waals surface area contributed by atoms with Crippen molar-refractivity contribution >= 4 is 29.3 Å². The first-order valence-electron chi connectivity index (χ1n) is 8.80. The Balaban J connectivity index is 1.29. The van der Waals surface area contributed by atoms with E-state index in [1.165, 1.54) is 0 Å². The van der Waals surface area contributed by atoms with Crippen LogP contribution in [-0.4, -0.2) is 63.5 Å². The molecule has 0 atom stereocenters. The van der Waals surface area contributed by atoms with Gasteiger partial charge in [0.05, 0.1) is 17.3 Å². The van der Waals surface area contributed by atoms with Gasteiger partial charge < -0.3 is 24.8 Å². The average Bonchev–Trinajstić information content (AvgIpc) is 3.25. The molecule has 2 N–H and O–H groups in total. The normalized spacial score (nSPS) is 18.4. The van der Waals surface area contributed by atoms with Crippen LogP contribution in [0, 0.1) is 0 Å². The molecule has 0 radical (unpaired) electrons. The van der Waals surface area contributed by atoms with E-state index in [0.29, 0.717) is 31.2 Å². The summed E-state index contributed by atoms with van der Waals surface area (Å²) in [5.74, 6) is 0. The number of carbonyl (C=O) groups is 2. The van der Waals surface area contributed by atoms with E-state index >= 15 is 0 Å². The maximum absolute atomic E-state index is 12.4. The fourth-order valence-corrected chi connectivity index (χ4v) is 3.76. The Morgan fingerprint density at radius 3 is 2.81 bits per heavy atom. The second-order valence-corrected chi connectivity index (χ2v) is 7.08. The Kier molecular flexibility index (Phi) is 4.58. The van der Waals surface area contributed by atoms with Gasteiger partial charge in [0.25, 0.3) is 0 Å². The highest BCUT2D eigenvalue weighted by atomic mass is 35.5. The number of nitrogens with zero attached hydrogens (tertiary/aromatic N) is 4. The predicted octanol–water partition coefficient (Wildman–Crippen LogP) is 1.69. The third-order valence-electron chi connectivity index (χ3n) is 4.97. The molecule has 0 unspecified atom stereocenters. The monoisotopic (exact) mass is 376 g/mol. The van der Waals surface area contributed by atoms with Crippen molar-refractivity contribution in [2.24, 2.45) is 0 Å². The fraction of sp³-hybridized carbons (Fsp3) is 0.471. The van der Waals surface area contributed by atoms with Gasteiger partial charge in [0, 0.05) is 44.6 Å². The molecular weight excluding hydrogens is 356 g/mol. The van der Waals surface area contributed by atoms with E-state index in [1.54, 1.807) is 17.2 Å². The summed E-state index contributed by atoms with van der Waals surface area (Å²) in [4.78, 5) is 32.3. The van der Waals surface area contributed by atoms with Crippen LogP contribution in [0.15, 0.2) is 24.5 Å². The molecule has 2 aromatic rings. The summed E-state index contributed by atoms with van der Waals surface area (Å²) in [6, 6.07) is 3.78. The summed E-state index contributed by atoms with van der Waals surface area (Å²) in [6.45, 7) is 3.14. The lowest BCUT2D eigenvalue weighted by Gasteiger charge is -2.36. The van der Waals surface area contributed by atoms with Crippen molar-refractivity contribution in [1.82, 2.24) is 29.8 Å². The SMILES string of the molecule is O=C(NCc1cn2cc(Cl)ccc2n1)N1CCC(N2CCNC2=O)CC1. The molecular formula is C17H21ClN6O2. The number of hydrogen-bond acceptors (Lipinski definition) is 3. The standard InChI is InChI=1S/C17H21ClN6O2/c18-12-1-2-15-21-13(11-23(15)10-12)9-20-16(25)22-6-3-14(4-7-22)24-8-5-19-17(24)26/h1-2,10-11,14H,3-9H2,(H,19,26)(H,20,25). The number of piperidine rings is 1. The first-order valence-corrected chi connectivity index (χ1v) is 9.18. The highest BCUT2D eigenvalue weighted by Crippen LogP contribution is 2.18. The van der Waals surface area contributed by atoms with Crippen molar-refractivity contribution in [3.8, 4) is 0 Å². The molecule has 2 aromatic heterocycles. The Hall–Kier alpha value is -2.48. The van der Waals surface area contributed by atoms with Gasteiger partial charge in [-0.2, -0.15) is 0 Å². The molecule has 0 spiro atoms. The van der Waals surface area contributed by atoms with Crippen LogP contribution in [0.3, 0.4) is 0 Å². The molecule has 4 rings (SSSR count). The Labute approximate surface area is 156 Å². The van der Waals surface area contributed by atoms with Gasteiger partial charge in [-0.15, -0.1) is 0 Å². The summed E-state index contributed by atoms with van der Waals surface area (Å²) in [6.07, 6.45) is 5.27. The van der Waals surface area contributed by atoms with Gasteiger partial charge in [-0.25, -0.2) is 14.6 Å². The van der Waals surface area contributed by atoms with Crippen molar-refractivity contribution in [3.05, 3.63) is 35.2 Å². The maximum atomic E-state index is 12.4. The first-order chi connectivity index (χ1) is 12.6. The van der Waals surface area contributed by atoms with E-state index < -0.39 is 0 Å². The van der Waals surface area contributed by atoms with Crippen molar-refractivity contribution in [2.45, 2.75) is 25.4 Å². The smallest absolute Gasteiger partial charge is 0.317 e. The van der Waals surface area contributed by atoms with Crippen LogP contribution in [-0.2, 0) is 6.54 Å². The van der Waals surface area contributed by atoms with E-state index in [0.717, 1.165) is 30.7 Å². The first kappa shape index (κ1) is 17.0. The molecule has 2 fully saturated rings. The van der Waals surface area contributed by atoms with Gasteiger partial charge in [-0.1, -0.05) is 11.6 Å². The lowest BCUT2D eigenvalue weighted by atomic mass is 10.0. The zero-order chi connectivity index (χ0) is 18.1. The molecule has 0 bridgehead atoms. The molecule has 2 aliphatic heterocycles. The Morgan fingerprint density at radius 1 is 1.27 bits per heavy atom. The number of amides is 4. The topological polar surface area (TPSA) is 82.0 Å². The minimum atomic E-state index is -0.0931. The molecule has 2 aliphatic rings. The van der Waals surface area contributed by atoms with Crippen LogP contribution < -0.4 is 10.6 Å². The van der Waals surface area contributed by atoms with Gasteiger partial charge >= 0.3 is 12.1 Å². The van der Waals surface area contributed by atoms with Crippen molar-refractivity contribution in [2.75, 3.05) is 26.2 Å². The molecule has 2 saturated heterocycles. The quantitative estimate of drug-likeness (QED) is 0.855. The lowest BCUT2D eigenvalue weighted by molar-refractivity contribution is 0.141. The predicted molar refractivity (Wildman–Crippen MR) is 97.1 cm³/mol. The van der Waals surface area contributed by atoms with Gasteiger partial charge in [-0.05, 0) is 25.0 Å². The second-order valence-electron chi connectivity index (χ2n) is 6.65. The van der Waals surface area contributed by atoms with E-state index in [4.69, 9.17) is 11.6 Å². The summed E-state index contributed by atoms with van der Waals surface area (Å²) in [5, 5.41) is 6.39. The van der Waals surface area contributed by atoms with Crippen LogP contribution in [0.1, 0.15) is 18.5 Å². The van der Waals surface area contributed by atoms with E-state index in [1.807, 2.05) is 21.6 Å². The zero-order valence-electron chi connectivity index (χ0n) is 14.3. The number of urea groups is 2. The zero-order valence-corrected chi connectivity index (χ0v) is 15.1. The number of likely N-dealkylation sites (tertiary alicyclic amines) is 1. The maximum Gasteiger partial charge on any atom is 0.317 e. The van der Waals surface area contributed by atoms with E-state index in [2.05, 4.69) is 15.6 Å². The minimum Gasteiger partial charge on any atom is -0.336 e. The number of fused-ring (bicyclic) bond motifs is 1. The van der Waals surface area contributed by atoms with Crippen molar-refractivity contribution in [1.29, 1.82) is 0 Å². The number of carbonyl (C=O) groups excluding carboxylic acids is 2. The summed E-state index contributed by atoms with van der Waals surface area (Å²) in [7, 11) is 0. The van der Waals surface area contributed by atoms with Gasteiger partial charge in [0.15, 0.2) is 0 Å². The molecule has 9 heteroatoms. The Morgan fingerprint density at radius 2 is 2.08 bits per heavy atom. The minimum absolute atomic E-state index is 0.0138. The highest BCUT2D eigenvalue weighted by Gasteiger charge is 2.31. The number of pyridine rings is 1. The number of hydrogen-bond donors (Lipinski definition) is 2. The molecule has 8 nitrogen and oxygen atoms in total. The van der Waals surface area contributed by atoms with Crippen LogP contribution in [0.4, 0.5) is 9.59 Å². The molecule has 26 heavy (non-hydrogen) atoms. The van der Waals surface area contributed by atoms with Gasteiger partial charge in [0.1, 0.15) is 5.65 Å². The van der Waals surface area contributed by atoms with E-state index in [-0.39, 0.29) is 18.1 Å². The van der Waals surface area contributed by atoms with Crippen molar-refractivity contribution in [3.63, 3.8) is 0 Å². The summed E-state index contributed by atoms with van der Waals surface area (Å²) in [5.41, 5.74) is 1.58. The Bertz CT molecular complexity index is 830. The highest BCUT2D eigenvalue weighted by molar-refractivity contribution is 6.30. The number of aromatic nitrogens is 2. The van der Waals surface area contributed by atoms with Crippen LogP contribution in [0.25, 0.3) is 5.65 Å². The molecule has 0 aliphatic carbocycles. The number of halogens is 1. The molecule has 0 saturated carbocycles. The fourth-order valence-electron chi connectivity index (χ4n) is 3.60. The lowest BCUT2D eigenvalue weighted by Crippen LogP contribution is -2.50. The van der Waals surface area contributed by atoms with Crippen molar-refractivity contribution < 1.29 is 9.59 Å². The number of nitrogens with one attached hydrogen (secondary N) is 2. The second kappa shape index (κ2) is 7.03. The molecule has 4 amide bonds. The van der Waals surface area contributed by atoms with E-state index in [9.17, 15) is 9.59 Å². The largest absolute Gasteiger partial charge is 0.336 e. The summed E-state index contributed by atoms with van der Waals surface area (Å²) >= 11 is 5.97. The third-order valence-corrected chi connectivity index (χ3v) is 5.19.